The van der Waals surface area contributed by atoms with Gasteiger partial charge >= 0.3 is 6.09 Å². The molecule has 8 rings (SSSR count). The van der Waals surface area contributed by atoms with Crippen LogP contribution in [-0.4, -0.2) is 55.5 Å². The lowest BCUT2D eigenvalue weighted by molar-refractivity contribution is -0.0989. The maximum Gasteiger partial charge on any atom is 0.415 e. The van der Waals surface area contributed by atoms with Crippen molar-refractivity contribution >= 4 is 50.7 Å². The van der Waals surface area contributed by atoms with Crippen LogP contribution in [0.5, 0.6) is 0 Å². The van der Waals surface area contributed by atoms with E-state index in [1.54, 1.807) is 37.5 Å². The lowest BCUT2D eigenvalue weighted by atomic mass is 9.50. The van der Waals surface area contributed by atoms with Crippen molar-refractivity contribution in [3.63, 3.8) is 0 Å². The fourth-order valence-electron chi connectivity index (χ4n) is 7.08. The van der Waals surface area contributed by atoms with Crippen LogP contribution in [0.2, 0.25) is 5.02 Å². The second-order valence-electron chi connectivity index (χ2n) is 14.7. The van der Waals surface area contributed by atoms with Gasteiger partial charge in [-0.15, -0.1) is 5.10 Å². The van der Waals surface area contributed by atoms with Crippen LogP contribution in [-0.2, 0) is 17.3 Å². The maximum atomic E-state index is 14.4. The summed E-state index contributed by atoms with van der Waals surface area (Å²) in [5.74, 6) is 0.707. The van der Waals surface area contributed by atoms with E-state index in [1.807, 2.05) is 23.0 Å². The summed E-state index contributed by atoms with van der Waals surface area (Å²) in [6, 6.07) is 12.0. The third kappa shape index (κ3) is 5.84. The Kier molecular flexibility index (Phi) is 8.52. The molecule has 3 saturated carbocycles. The fourth-order valence-corrected chi connectivity index (χ4v) is 7.34. The second-order valence-corrected chi connectivity index (χ2v) is 15.1. The number of amides is 1. The van der Waals surface area contributed by atoms with Gasteiger partial charge in [-0.1, -0.05) is 49.7 Å². The number of carbonyl (C=O) groups excluding carboxylic acids is 1. The fraction of sp³-hybridized carbons (Fsp3) is 0.405. The first-order valence-electron chi connectivity index (χ1n) is 16.8. The van der Waals surface area contributed by atoms with E-state index in [0.717, 1.165) is 19.3 Å². The molecule has 1 amide bonds. The molecule has 50 heavy (non-hydrogen) atoms. The van der Waals surface area contributed by atoms with Crippen LogP contribution in [0.1, 0.15) is 69.3 Å². The summed E-state index contributed by atoms with van der Waals surface area (Å²) in [7, 11) is 1.69. The van der Waals surface area contributed by atoms with Crippen molar-refractivity contribution in [2.45, 2.75) is 58.0 Å². The average molecular weight is 695 g/mol. The summed E-state index contributed by atoms with van der Waals surface area (Å²) < 4.78 is 9.22. The lowest BCUT2D eigenvalue weighted by Crippen LogP contribution is -2.59. The van der Waals surface area contributed by atoms with Crippen LogP contribution >= 0.6 is 11.6 Å². The molecule has 2 N–H and O–H groups in total. The van der Waals surface area contributed by atoms with Crippen molar-refractivity contribution < 1.29 is 14.6 Å². The van der Waals surface area contributed by atoms with E-state index >= 15 is 0 Å². The Morgan fingerprint density at radius 2 is 2.00 bits per heavy atom. The number of aliphatic hydroxyl groups excluding tert-OH is 1. The molecular formula is C37H39ClN8O4. The molecule has 1 atom stereocenters. The zero-order valence-electron chi connectivity index (χ0n) is 28.5. The summed E-state index contributed by atoms with van der Waals surface area (Å²) in [5, 5.41) is 34.2. The Labute approximate surface area is 294 Å². The SMILES string of the molecule is Cn1ccc2c([C@@H](c3cn(C45CC(C4)C5)nn3)N(C(=O)OCCCO)c3cc(Cl)c4ncc(C#N)c(NCC(C)(C)C)c4c3)cccc2c1=O. The molecule has 13 heteroatoms. The Hall–Kier alpha value is -4.99. The summed E-state index contributed by atoms with van der Waals surface area (Å²) in [6.45, 7) is 6.61. The van der Waals surface area contributed by atoms with Gasteiger partial charge in [0, 0.05) is 49.8 Å². The zero-order valence-corrected chi connectivity index (χ0v) is 29.2. The van der Waals surface area contributed by atoms with Crippen LogP contribution in [0.3, 0.4) is 0 Å². The number of nitriles is 1. The van der Waals surface area contributed by atoms with Crippen molar-refractivity contribution in [1.82, 2.24) is 24.5 Å². The summed E-state index contributed by atoms with van der Waals surface area (Å²) in [5.41, 5.74) is 2.44. The minimum Gasteiger partial charge on any atom is -0.449 e. The first-order chi connectivity index (χ1) is 23.9. The van der Waals surface area contributed by atoms with Crippen LogP contribution in [0.4, 0.5) is 16.2 Å². The number of pyridine rings is 2. The minimum atomic E-state index is -0.917. The highest BCUT2D eigenvalue weighted by atomic mass is 35.5. The van der Waals surface area contributed by atoms with Gasteiger partial charge < -0.3 is 19.7 Å². The van der Waals surface area contributed by atoms with E-state index in [-0.39, 0.29) is 41.2 Å². The molecule has 3 aromatic heterocycles. The molecule has 3 aliphatic rings. The van der Waals surface area contributed by atoms with Gasteiger partial charge in [-0.3, -0.25) is 14.7 Å². The molecule has 0 aliphatic heterocycles. The monoisotopic (exact) mass is 694 g/mol. The van der Waals surface area contributed by atoms with Crippen molar-refractivity contribution in [2.75, 3.05) is 30.0 Å². The van der Waals surface area contributed by atoms with Gasteiger partial charge in [-0.05, 0) is 65.8 Å². The number of nitrogens with zero attached hydrogens (tertiary/aromatic N) is 7. The molecular weight excluding hydrogens is 656 g/mol. The number of nitrogens with one attached hydrogen (secondary N) is 1. The van der Waals surface area contributed by atoms with Crippen LogP contribution < -0.4 is 15.8 Å². The van der Waals surface area contributed by atoms with E-state index in [9.17, 15) is 20.0 Å². The lowest BCUT2D eigenvalue weighted by Gasteiger charge is -2.61. The molecule has 0 spiro atoms. The number of rotatable bonds is 10. The van der Waals surface area contributed by atoms with Gasteiger partial charge in [-0.2, -0.15) is 5.26 Å². The third-order valence-corrected chi connectivity index (χ3v) is 10.1. The van der Waals surface area contributed by atoms with Crippen molar-refractivity contribution in [3.8, 4) is 6.07 Å². The third-order valence-electron chi connectivity index (χ3n) is 9.82. The molecule has 3 aliphatic carbocycles. The molecule has 0 saturated heterocycles. The molecule has 0 unspecified atom stereocenters. The van der Waals surface area contributed by atoms with Gasteiger partial charge in [0.05, 0.1) is 45.8 Å². The number of aromatic nitrogens is 5. The Morgan fingerprint density at radius 3 is 2.68 bits per heavy atom. The van der Waals surface area contributed by atoms with Gasteiger partial charge in [0.1, 0.15) is 17.8 Å². The first-order valence-corrected chi connectivity index (χ1v) is 17.1. The number of aliphatic hydroxyl groups is 1. The Bertz CT molecular complexity index is 2220. The molecule has 0 radical (unpaired) electrons. The molecule has 3 heterocycles. The number of hydrogen-bond donors (Lipinski definition) is 2. The zero-order chi connectivity index (χ0) is 35.4. The highest BCUT2D eigenvalue weighted by Gasteiger charge is 2.59. The van der Waals surface area contributed by atoms with Crippen LogP contribution in [0.25, 0.3) is 21.7 Å². The smallest absolute Gasteiger partial charge is 0.415 e. The molecule has 5 aromatic rings. The predicted octanol–water partition coefficient (Wildman–Crippen LogP) is 6.29. The van der Waals surface area contributed by atoms with Crippen molar-refractivity contribution in [1.29, 1.82) is 5.26 Å². The van der Waals surface area contributed by atoms with E-state index < -0.39 is 12.1 Å². The maximum absolute atomic E-state index is 14.4. The molecule has 2 aromatic carbocycles. The number of benzene rings is 2. The van der Waals surface area contributed by atoms with Crippen molar-refractivity contribution in [2.24, 2.45) is 18.4 Å². The van der Waals surface area contributed by atoms with Crippen LogP contribution in [0, 0.1) is 22.7 Å². The number of aryl methyl sites for hydroxylation is 1. The van der Waals surface area contributed by atoms with E-state index in [2.05, 4.69) is 47.5 Å². The molecule has 258 valence electrons. The topological polar surface area (TPSA) is 151 Å². The number of fused-ring (bicyclic) bond motifs is 2. The summed E-state index contributed by atoms with van der Waals surface area (Å²) >= 11 is 6.96. The van der Waals surface area contributed by atoms with Gasteiger partial charge in [0.25, 0.3) is 5.56 Å². The number of carbonyl (C=O) groups is 1. The predicted molar refractivity (Wildman–Crippen MR) is 191 cm³/mol. The van der Waals surface area contributed by atoms with E-state index in [4.69, 9.17) is 16.3 Å². The number of anilines is 2. The Morgan fingerprint density at radius 1 is 1.22 bits per heavy atom. The standard InChI is InChI=1S/C37H39ClN8O4/c1-36(2,3)21-41-31-23(18-39)19-40-32-28(31)13-24(14-29(32)38)46(35(49)50-12-6-11-47)33(30-20-45(43-42-30)37-15-22(16-37)17-37)26-7-5-8-27-25(26)9-10-44(4)34(27)48/h5,7-10,13-14,19-20,22,33,47H,6,11-12,15-17,21H2,1-4H3,(H,40,41)/t22?,33-,37?/m0/s1. The quantitative estimate of drug-likeness (QED) is 0.161. The van der Waals surface area contributed by atoms with E-state index in [0.29, 0.717) is 62.3 Å². The summed E-state index contributed by atoms with van der Waals surface area (Å²) in [4.78, 5) is 33.8. The van der Waals surface area contributed by atoms with Crippen LogP contribution in [0.15, 0.2) is 59.8 Å². The van der Waals surface area contributed by atoms with Crippen molar-refractivity contribution in [3.05, 3.63) is 87.2 Å². The first kappa shape index (κ1) is 33.5. The normalized spacial score (nSPS) is 18.6. The number of hydrogen-bond acceptors (Lipinski definition) is 9. The van der Waals surface area contributed by atoms with Gasteiger partial charge in [-0.25, -0.2) is 9.48 Å². The number of halogens is 1. The van der Waals surface area contributed by atoms with E-state index in [1.165, 1.54) is 15.7 Å². The highest BCUT2D eigenvalue weighted by molar-refractivity contribution is 6.36. The molecule has 2 bridgehead atoms. The molecule has 12 nitrogen and oxygen atoms in total. The Balaban J connectivity index is 1.47. The molecule has 3 fully saturated rings. The van der Waals surface area contributed by atoms with Gasteiger partial charge in [0.2, 0.25) is 0 Å². The highest BCUT2D eigenvalue weighted by Crippen LogP contribution is 2.62. The summed E-state index contributed by atoms with van der Waals surface area (Å²) in [6.07, 6.45) is 7.72. The number of ether oxygens (including phenoxy) is 1. The van der Waals surface area contributed by atoms with Gasteiger partial charge in [0.15, 0.2) is 0 Å². The minimum absolute atomic E-state index is 0.0361. The average Bonchev–Trinajstić information content (AvgIpc) is 3.51. The largest absolute Gasteiger partial charge is 0.449 e. The second kappa shape index (κ2) is 12.7.